The number of carboxylic acids is 1. The van der Waals surface area contributed by atoms with E-state index in [9.17, 15) is 20.4 Å². The summed E-state index contributed by atoms with van der Waals surface area (Å²) < 4.78 is 13.0. The van der Waals surface area contributed by atoms with Crippen molar-refractivity contribution < 1.29 is 19.4 Å². The molecule has 8 nitrogen and oxygen atoms in total. The van der Waals surface area contributed by atoms with Crippen molar-refractivity contribution in [3.05, 3.63) is 112 Å². The van der Waals surface area contributed by atoms with Crippen LogP contribution in [0.3, 0.4) is 0 Å². The number of rotatable bonds is 10. The highest BCUT2D eigenvalue weighted by Gasteiger charge is 2.65. The summed E-state index contributed by atoms with van der Waals surface area (Å²) in [4.78, 5) is 18.8. The predicted molar refractivity (Wildman–Crippen MR) is 171 cm³/mol. The molecule has 0 spiro atoms. The molecule has 2 atom stereocenters. The monoisotopic (exact) mass is 610 g/mol. The van der Waals surface area contributed by atoms with Gasteiger partial charge in [-0.3, -0.25) is 14.7 Å². The third-order valence-electron chi connectivity index (χ3n) is 9.83. The molecule has 0 unspecified atom stereocenters. The summed E-state index contributed by atoms with van der Waals surface area (Å²) in [6.07, 6.45) is 8.51. The van der Waals surface area contributed by atoms with Gasteiger partial charge in [-0.25, -0.2) is 0 Å². The van der Waals surface area contributed by atoms with Crippen LogP contribution in [0, 0.1) is 28.6 Å². The van der Waals surface area contributed by atoms with E-state index in [-0.39, 0.29) is 19.1 Å². The number of carboxylic acid groups (broad SMARTS) is 1. The summed E-state index contributed by atoms with van der Waals surface area (Å²) in [5, 5.41) is 29.8. The Bertz CT molecular complexity index is 1890. The molecule has 0 radical (unpaired) electrons. The van der Waals surface area contributed by atoms with Gasteiger partial charge in [0.2, 0.25) is 0 Å². The van der Waals surface area contributed by atoms with E-state index in [0.29, 0.717) is 29.8 Å². The number of fused-ring (bicyclic) bond motifs is 2. The summed E-state index contributed by atoms with van der Waals surface area (Å²) in [6.45, 7) is 1.66. The van der Waals surface area contributed by atoms with Crippen LogP contribution in [0.15, 0.2) is 73.1 Å². The maximum Gasteiger partial charge on any atom is 0.324 e. The van der Waals surface area contributed by atoms with Gasteiger partial charge in [-0.05, 0) is 79.3 Å². The van der Waals surface area contributed by atoms with Gasteiger partial charge in [0, 0.05) is 41.7 Å². The van der Waals surface area contributed by atoms with Crippen LogP contribution >= 0.6 is 0 Å². The lowest BCUT2D eigenvalue weighted by Gasteiger charge is -2.34. The van der Waals surface area contributed by atoms with E-state index < -0.39 is 11.5 Å². The predicted octanol–water partition coefficient (Wildman–Crippen LogP) is 6.58. The number of piperidine rings is 1. The van der Waals surface area contributed by atoms with E-state index in [0.717, 1.165) is 77.8 Å². The number of pyridine rings is 1. The van der Waals surface area contributed by atoms with E-state index in [4.69, 9.17) is 9.47 Å². The topological polar surface area (TPSA) is 119 Å². The second-order valence-corrected chi connectivity index (χ2v) is 12.4. The highest BCUT2D eigenvalue weighted by atomic mass is 16.5. The quantitative estimate of drug-likeness (QED) is 0.214. The molecule has 4 aromatic rings. The molecule has 3 aliphatic rings. The Morgan fingerprint density at radius 3 is 2.59 bits per heavy atom. The van der Waals surface area contributed by atoms with Crippen LogP contribution < -0.4 is 9.47 Å². The number of aliphatic carboxylic acids is 1. The zero-order valence-corrected chi connectivity index (χ0v) is 25.5. The van der Waals surface area contributed by atoms with E-state index in [2.05, 4.69) is 22.0 Å². The third kappa shape index (κ3) is 5.36. The molecule has 230 valence electrons. The van der Waals surface area contributed by atoms with Crippen LogP contribution in [-0.4, -0.2) is 33.0 Å². The van der Waals surface area contributed by atoms with Gasteiger partial charge in [-0.1, -0.05) is 48.5 Å². The van der Waals surface area contributed by atoms with Gasteiger partial charge in [-0.2, -0.15) is 10.5 Å². The van der Waals surface area contributed by atoms with Crippen molar-refractivity contribution in [1.29, 1.82) is 10.5 Å². The SMILES string of the molecule is N#Cc1cncc(COc2cc(OCc3cccc(-c4ccccc4)c3C#N)c3c(c2CN2CCC[C@H]4C[C@]42C(=O)O)CCC3)c1. The number of hydrogen-bond donors (Lipinski definition) is 1. The van der Waals surface area contributed by atoms with E-state index in [1.54, 1.807) is 12.3 Å². The maximum atomic E-state index is 12.5. The fourth-order valence-corrected chi connectivity index (χ4v) is 7.46. The Balaban J connectivity index is 1.23. The van der Waals surface area contributed by atoms with Crippen LogP contribution in [0.1, 0.15) is 64.6 Å². The molecule has 2 fully saturated rings. The van der Waals surface area contributed by atoms with Crippen molar-refractivity contribution >= 4 is 5.97 Å². The van der Waals surface area contributed by atoms with E-state index in [1.807, 2.05) is 54.6 Å². The van der Waals surface area contributed by atoms with Crippen molar-refractivity contribution in [1.82, 2.24) is 9.88 Å². The van der Waals surface area contributed by atoms with Gasteiger partial charge in [-0.15, -0.1) is 0 Å². The molecule has 2 heterocycles. The summed E-state index contributed by atoms with van der Waals surface area (Å²) >= 11 is 0. The molecule has 1 saturated carbocycles. The number of nitriles is 2. The molecule has 1 N–H and O–H groups in total. The van der Waals surface area contributed by atoms with Gasteiger partial charge >= 0.3 is 5.97 Å². The first-order valence-electron chi connectivity index (χ1n) is 15.8. The highest BCUT2D eigenvalue weighted by molar-refractivity contribution is 5.83. The van der Waals surface area contributed by atoms with Crippen LogP contribution in [0.5, 0.6) is 11.5 Å². The molecule has 0 amide bonds. The smallest absolute Gasteiger partial charge is 0.324 e. The maximum absolute atomic E-state index is 12.5. The molecule has 7 rings (SSSR count). The summed E-state index contributed by atoms with van der Waals surface area (Å²) in [6, 6.07) is 24.0. The summed E-state index contributed by atoms with van der Waals surface area (Å²) in [5.41, 5.74) is 6.98. The first-order valence-corrected chi connectivity index (χ1v) is 15.8. The van der Waals surface area contributed by atoms with Crippen LogP contribution in [0.2, 0.25) is 0 Å². The first kappa shape index (κ1) is 29.5. The fraction of sp³-hybridized carbons (Fsp3) is 0.316. The second-order valence-electron chi connectivity index (χ2n) is 12.4. The normalized spacial score (nSPS) is 19.7. The number of nitrogens with zero attached hydrogens (tertiary/aromatic N) is 4. The molecular formula is C38H34N4O4. The molecule has 46 heavy (non-hydrogen) atoms. The Hall–Kier alpha value is -5.18. The lowest BCUT2D eigenvalue weighted by atomic mass is 9.96. The Morgan fingerprint density at radius 2 is 1.78 bits per heavy atom. The van der Waals surface area contributed by atoms with Gasteiger partial charge < -0.3 is 14.6 Å². The fourth-order valence-electron chi connectivity index (χ4n) is 7.46. The molecule has 1 aromatic heterocycles. The summed E-state index contributed by atoms with van der Waals surface area (Å²) in [5.74, 6) is 0.834. The number of likely N-dealkylation sites (tertiary alicyclic amines) is 1. The molecule has 8 heteroatoms. The zero-order chi connectivity index (χ0) is 31.7. The van der Waals surface area contributed by atoms with Gasteiger partial charge in [0.05, 0.1) is 11.1 Å². The van der Waals surface area contributed by atoms with E-state index in [1.165, 1.54) is 11.8 Å². The van der Waals surface area contributed by atoms with Gasteiger partial charge in [0.1, 0.15) is 42.4 Å². The van der Waals surface area contributed by atoms with Crippen LogP contribution in [0.4, 0.5) is 0 Å². The van der Waals surface area contributed by atoms with Crippen molar-refractivity contribution in [2.75, 3.05) is 6.54 Å². The largest absolute Gasteiger partial charge is 0.488 e. The first-order chi connectivity index (χ1) is 22.5. The van der Waals surface area contributed by atoms with Crippen molar-refractivity contribution in [2.24, 2.45) is 5.92 Å². The number of aromatic nitrogens is 1. The summed E-state index contributed by atoms with van der Waals surface area (Å²) in [7, 11) is 0. The minimum Gasteiger partial charge on any atom is -0.488 e. The standard InChI is InChI=1S/C38H34N4O4/c39-18-25-15-26(21-41-20-25)23-45-36-16-35(46-24-28-9-4-11-30(33(28)19-40)27-7-2-1-3-8-27)32-13-5-12-31(32)34(36)22-42-14-6-10-29-17-38(29,42)37(43)44/h1-4,7-9,11,15-16,20-21,29H,5-6,10,12-14,17,22-24H2,(H,43,44)/t29-,38+/m0/s1. The molecule has 3 aromatic carbocycles. The van der Waals surface area contributed by atoms with Gasteiger partial charge in [0.25, 0.3) is 0 Å². The minimum absolute atomic E-state index is 0.194. The molecule has 1 saturated heterocycles. The minimum atomic E-state index is -0.793. The second kappa shape index (κ2) is 12.3. The average Bonchev–Trinajstić information content (AvgIpc) is 3.67. The zero-order valence-electron chi connectivity index (χ0n) is 25.5. The highest BCUT2D eigenvalue weighted by Crippen LogP contribution is 2.55. The Morgan fingerprint density at radius 1 is 0.957 bits per heavy atom. The van der Waals surface area contributed by atoms with E-state index >= 15 is 0 Å². The number of benzene rings is 3. The van der Waals surface area contributed by atoms with Crippen molar-refractivity contribution in [3.63, 3.8) is 0 Å². The molecular weight excluding hydrogens is 576 g/mol. The van der Waals surface area contributed by atoms with Gasteiger partial charge in [0.15, 0.2) is 0 Å². The lowest BCUT2D eigenvalue weighted by molar-refractivity contribution is -0.147. The van der Waals surface area contributed by atoms with Crippen LogP contribution in [-0.2, 0) is 37.4 Å². The van der Waals surface area contributed by atoms with Crippen molar-refractivity contribution in [3.8, 4) is 34.8 Å². The average molecular weight is 611 g/mol. The number of carbonyl (C=O) groups is 1. The number of hydrogen-bond acceptors (Lipinski definition) is 7. The Kier molecular flexibility index (Phi) is 7.90. The number of ether oxygens (including phenoxy) is 2. The van der Waals surface area contributed by atoms with Crippen molar-refractivity contribution in [2.45, 2.75) is 63.8 Å². The molecule has 0 bridgehead atoms. The lowest BCUT2D eigenvalue weighted by Crippen LogP contribution is -2.47. The Labute approximate surface area is 268 Å². The third-order valence-corrected chi connectivity index (χ3v) is 9.83. The van der Waals surface area contributed by atoms with Crippen LogP contribution in [0.25, 0.3) is 11.1 Å². The molecule has 2 aliphatic carbocycles. The molecule has 1 aliphatic heterocycles.